The van der Waals surface area contributed by atoms with Crippen molar-refractivity contribution in [1.82, 2.24) is 4.90 Å². The fourth-order valence-electron chi connectivity index (χ4n) is 8.07. The molecular formula is C32H24ClN3O3. The maximum absolute atomic E-state index is 14.8. The number of nitrogens with zero attached hydrogens (tertiary/aromatic N) is 1. The monoisotopic (exact) mass is 533 g/mol. The van der Waals surface area contributed by atoms with E-state index in [-0.39, 0.29) is 23.6 Å². The van der Waals surface area contributed by atoms with Crippen LogP contribution in [0, 0.1) is 5.92 Å². The summed E-state index contributed by atoms with van der Waals surface area (Å²) in [5, 5.41) is 8.61. The molecule has 2 N–H and O–H groups in total. The van der Waals surface area contributed by atoms with Crippen molar-refractivity contribution in [3.8, 4) is 0 Å². The maximum atomic E-state index is 14.8. The molecule has 4 atom stereocenters. The van der Waals surface area contributed by atoms with Crippen LogP contribution in [0.3, 0.4) is 0 Å². The van der Waals surface area contributed by atoms with E-state index in [0.717, 1.165) is 17.2 Å². The predicted octanol–water partition coefficient (Wildman–Crippen LogP) is 5.51. The van der Waals surface area contributed by atoms with Crippen LogP contribution in [0.5, 0.6) is 0 Å². The molecule has 4 aliphatic heterocycles. The molecule has 2 saturated heterocycles. The van der Waals surface area contributed by atoms with E-state index >= 15 is 0 Å². The van der Waals surface area contributed by atoms with Gasteiger partial charge in [-0.1, -0.05) is 66.2 Å². The molecule has 0 radical (unpaired) electrons. The Morgan fingerprint density at radius 3 is 2.44 bits per heavy atom. The number of Topliss-reactive ketones (excluding diaryl/α,β-unsaturated/α-hetero) is 1. The number of benzene rings is 4. The van der Waals surface area contributed by atoms with Gasteiger partial charge in [0.15, 0.2) is 5.78 Å². The van der Waals surface area contributed by atoms with E-state index in [0.29, 0.717) is 46.1 Å². The van der Waals surface area contributed by atoms with E-state index in [1.54, 1.807) is 18.2 Å². The number of carbonyl (C=O) groups is 3. The Morgan fingerprint density at radius 2 is 1.56 bits per heavy atom. The average Bonchev–Trinajstić information content (AvgIpc) is 3.67. The lowest BCUT2D eigenvalue weighted by molar-refractivity contribution is -0.137. The summed E-state index contributed by atoms with van der Waals surface area (Å²) in [7, 11) is 0. The topological polar surface area (TPSA) is 78.5 Å². The van der Waals surface area contributed by atoms with Gasteiger partial charge in [0.1, 0.15) is 11.0 Å². The number of halogens is 1. The Hall–Kier alpha value is -4.00. The van der Waals surface area contributed by atoms with Gasteiger partial charge in [-0.05, 0) is 66.1 Å². The molecule has 192 valence electrons. The van der Waals surface area contributed by atoms with Crippen molar-refractivity contribution in [3.05, 3.63) is 107 Å². The number of fused-ring (bicyclic) bond motifs is 8. The third-order valence-electron chi connectivity index (χ3n) is 9.37. The van der Waals surface area contributed by atoms with Gasteiger partial charge in [0.25, 0.3) is 5.91 Å². The normalized spacial score (nSPS) is 28.5. The Labute approximate surface area is 230 Å². The van der Waals surface area contributed by atoms with Crippen molar-refractivity contribution in [2.24, 2.45) is 5.92 Å². The van der Waals surface area contributed by atoms with Gasteiger partial charge >= 0.3 is 0 Å². The van der Waals surface area contributed by atoms with Gasteiger partial charge in [0, 0.05) is 33.6 Å². The first-order valence-corrected chi connectivity index (χ1v) is 13.7. The molecule has 4 aromatic rings. The fourth-order valence-corrected chi connectivity index (χ4v) is 8.24. The first-order valence-electron chi connectivity index (χ1n) is 13.3. The molecule has 4 aliphatic rings. The van der Waals surface area contributed by atoms with Crippen molar-refractivity contribution >= 4 is 51.3 Å². The van der Waals surface area contributed by atoms with Crippen molar-refractivity contribution in [2.45, 2.75) is 29.8 Å². The molecule has 7 heteroatoms. The Morgan fingerprint density at radius 1 is 0.821 bits per heavy atom. The number of rotatable bonds is 2. The number of para-hydroxylation sites is 1. The minimum absolute atomic E-state index is 0.121. The minimum Gasteiger partial charge on any atom is -0.325 e. The molecule has 2 spiro atoms. The molecule has 0 saturated carbocycles. The summed E-state index contributed by atoms with van der Waals surface area (Å²) >= 11 is 6.53. The highest BCUT2D eigenvalue weighted by Gasteiger charge is 2.81. The van der Waals surface area contributed by atoms with E-state index in [1.807, 2.05) is 66.7 Å². The second kappa shape index (κ2) is 7.78. The Bertz CT molecular complexity index is 1770. The highest BCUT2D eigenvalue weighted by atomic mass is 35.5. The zero-order chi connectivity index (χ0) is 26.5. The van der Waals surface area contributed by atoms with Crippen LogP contribution >= 0.6 is 11.6 Å². The number of anilines is 2. The van der Waals surface area contributed by atoms with E-state index in [9.17, 15) is 14.4 Å². The molecule has 4 heterocycles. The maximum Gasteiger partial charge on any atom is 0.251 e. The number of amides is 2. The van der Waals surface area contributed by atoms with Gasteiger partial charge in [-0.3, -0.25) is 19.3 Å². The SMILES string of the molecule is O=C(c1ccc2ccccc2c1)[C@H]1[C@H]2CCCN2[C@@]2(C(=O)Nc3ccc(Cl)cc32)[C@@]12C(=O)Nc1ccccc12. The second-order valence-corrected chi connectivity index (χ2v) is 11.4. The molecule has 8 rings (SSSR count). The van der Waals surface area contributed by atoms with Crippen LogP contribution in [0.25, 0.3) is 10.8 Å². The average molecular weight is 534 g/mol. The van der Waals surface area contributed by atoms with Gasteiger partial charge in [-0.2, -0.15) is 0 Å². The number of carbonyl (C=O) groups excluding carboxylic acids is 3. The summed E-state index contributed by atoms with van der Waals surface area (Å²) in [6.07, 6.45) is 1.54. The largest absolute Gasteiger partial charge is 0.325 e. The molecule has 2 amide bonds. The van der Waals surface area contributed by atoms with E-state index in [1.165, 1.54) is 0 Å². The summed E-state index contributed by atoms with van der Waals surface area (Å²) in [4.78, 5) is 45.9. The summed E-state index contributed by atoms with van der Waals surface area (Å²) in [6, 6.07) is 26.1. The smallest absolute Gasteiger partial charge is 0.251 e. The molecule has 6 nitrogen and oxygen atoms in total. The molecule has 2 fully saturated rings. The first-order chi connectivity index (χ1) is 19.0. The molecule has 4 aromatic carbocycles. The van der Waals surface area contributed by atoms with Crippen LogP contribution in [0.15, 0.2) is 84.9 Å². The van der Waals surface area contributed by atoms with E-state index in [4.69, 9.17) is 11.6 Å². The quantitative estimate of drug-likeness (QED) is 0.333. The molecule has 39 heavy (non-hydrogen) atoms. The molecule has 0 bridgehead atoms. The molecular weight excluding hydrogens is 510 g/mol. The van der Waals surface area contributed by atoms with E-state index in [2.05, 4.69) is 15.5 Å². The lowest BCUT2D eigenvalue weighted by Gasteiger charge is -2.43. The van der Waals surface area contributed by atoms with Crippen molar-refractivity contribution in [1.29, 1.82) is 0 Å². The second-order valence-electron chi connectivity index (χ2n) is 11.0. The van der Waals surface area contributed by atoms with Crippen LogP contribution in [0.2, 0.25) is 5.02 Å². The molecule has 0 aliphatic carbocycles. The zero-order valence-corrected chi connectivity index (χ0v) is 21.7. The van der Waals surface area contributed by atoms with Crippen LogP contribution < -0.4 is 10.6 Å². The summed E-state index contributed by atoms with van der Waals surface area (Å²) in [5.41, 5.74) is 0.274. The lowest BCUT2D eigenvalue weighted by Crippen LogP contribution is -2.62. The Kier molecular flexibility index (Phi) is 4.57. The number of nitrogens with one attached hydrogen (secondary N) is 2. The van der Waals surface area contributed by atoms with Gasteiger partial charge in [-0.25, -0.2) is 0 Å². The number of hydrogen-bond donors (Lipinski definition) is 2. The summed E-state index contributed by atoms with van der Waals surface area (Å²) in [6.45, 7) is 0.600. The zero-order valence-electron chi connectivity index (χ0n) is 20.9. The van der Waals surface area contributed by atoms with Gasteiger partial charge in [-0.15, -0.1) is 0 Å². The number of ketones is 1. The third kappa shape index (κ3) is 2.63. The van der Waals surface area contributed by atoms with E-state index < -0.39 is 16.9 Å². The Balaban J connectivity index is 1.45. The van der Waals surface area contributed by atoms with Gasteiger partial charge in [0.2, 0.25) is 5.91 Å². The fraction of sp³-hybridized carbons (Fsp3) is 0.219. The molecule has 0 unspecified atom stereocenters. The number of hydrogen-bond acceptors (Lipinski definition) is 4. The molecule has 0 aromatic heterocycles. The van der Waals surface area contributed by atoms with Crippen molar-refractivity contribution in [3.63, 3.8) is 0 Å². The van der Waals surface area contributed by atoms with Crippen LogP contribution in [0.4, 0.5) is 11.4 Å². The summed E-state index contributed by atoms with van der Waals surface area (Å²) < 4.78 is 0. The third-order valence-corrected chi connectivity index (χ3v) is 9.61. The predicted molar refractivity (Wildman–Crippen MR) is 150 cm³/mol. The standard InChI is InChI=1S/C32H24ClN3O3/c33-21-13-14-25-23(17-21)32(30(39)35-25)31(22-8-3-4-9-24(22)34-29(31)38)27(26-10-5-15-36(26)32)28(37)20-12-11-18-6-1-2-7-19(18)16-20/h1-4,6-9,11-14,16-17,26-27H,5,10,15H2,(H,34,38)(H,35,39)/t26-,27-,31-,32+/m1/s1. The highest BCUT2D eigenvalue weighted by molar-refractivity contribution is 6.31. The highest BCUT2D eigenvalue weighted by Crippen LogP contribution is 2.68. The van der Waals surface area contributed by atoms with Crippen molar-refractivity contribution < 1.29 is 14.4 Å². The first kappa shape index (κ1) is 22.9. The minimum atomic E-state index is -1.47. The van der Waals surface area contributed by atoms with Crippen LogP contribution in [-0.4, -0.2) is 35.1 Å². The van der Waals surface area contributed by atoms with Gasteiger partial charge in [0.05, 0.1) is 5.92 Å². The van der Waals surface area contributed by atoms with Gasteiger partial charge < -0.3 is 10.6 Å². The van der Waals surface area contributed by atoms with Crippen molar-refractivity contribution in [2.75, 3.05) is 17.2 Å². The van der Waals surface area contributed by atoms with Crippen LogP contribution in [0.1, 0.15) is 34.3 Å². The lowest BCUT2D eigenvalue weighted by atomic mass is 9.57. The van der Waals surface area contributed by atoms with Crippen LogP contribution in [-0.2, 0) is 20.5 Å². The summed E-state index contributed by atoms with van der Waals surface area (Å²) in [5.74, 6) is -1.50.